The van der Waals surface area contributed by atoms with Gasteiger partial charge in [0.1, 0.15) is 22.8 Å². The molecule has 0 saturated carbocycles. The molecule has 3 aromatic carbocycles. The predicted octanol–water partition coefficient (Wildman–Crippen LogP) is 7.19. The zero-order valence-electron chi connectivity index (χ0n) is 30.6. The third-order valence-electron chi connectivity index (χ3n) is 13.8. The third-order valence-corrected chi connectivity index (χ3v) is 13.8. The van der Waals surface area contributed by atoms with Crippen LogP contribution in [-0.2, 0) is 35.3 Å². The molecule has 0 radical (unpaired) electrons. The highest BCUT2D eigenvalue weighted by Gasteiger charge is 2.76. The number of phenolic OH excluding ortho intramolecular Hbond substituents is 1. The average molecular weight is 703 g/mol. The van der Waals surface area contributed by atoms with Gasteiger partial charge in [-0.15, -0.1) is 0 Å². The Kier molecular flexibility index (Phi) is 7.47. The van der Waals surface area contributed by atoms with Crippen LogP contribution in [0.25, 0.3) is 22.3 Å². The number of benzene rings is 3. The molecule has 52 heavy (non-hydrogen) atoms. The number of rotatable bonds is 4. The topological polar surface area (TPSA) is 152 Å². The average Bonchev–Trinajstić information content (AvgIpc) is 3.78. The Morgan fingerprint density at radius 3 is 2.23 bits per heavy atom. The van der Waals surface area contributed by atoms with E-state index in [1.165, 1.54) is 23.6 Å². The quantitative estimate of drug-likeness (QED) is 0.179. The highest BCUT2D eigenvalue weighted by Crippen LogP contribution is 2.68. The zero-order chi connectivity index (χ0) is 37.4. The van der Waals surface area contributed by atoms with Crippen molar-refractivity contribution in [2.24, 2.45) is 22.7 Å². The number of phenols is 1. The molecule has 270 valence electrons. The molecular weight excluding hydrogens is 656 g/mol. The van der Waals surface area contributed by atoms with Crippen molar-refractivity contribution in [1.82, 2.24) is 0 Å². The number of ketones is 3. The van der Waals surface area contributed by atoms with Gasteiger partial charge in [-0.3, -0.25) is 14.4 Å². The van der Waals surface area contributed by atoms with Crippen LogP contribution < -0.4 is 0 Å². The number of allylic oxidation sites excluding steroid dienone is 1. The Hall–Kier alpha value is -4.53. The van der Waals surface area contributed by atoms with Crippen LogP contribution in [0.3, 0.4) is 0 Å². The van der Waals surface area contributed by atoms with Crippen molar-refractivity contribution in [2.45, 2.75) is 97.7 Å². The summed E-state index contributed by atoms with van der Waals surface area (Å²) in [5.41, 5.74) is 0.509. The highest BCUT2D eigenvalue weighted by molar-refractivity contribution is 6.25. The number of carbonyl (C=O) groups excluding carboxylic acids is 3. The Morgan fingerprint density at radius 2 is 1.54 bits per heavy atom. The standard InChI is InChI=1S/C44H46O8/c1-20(2)34-37(47)32(22(4)45)39(49)44(52)40(50)35-38(48)33-31(21(3)42(35,5)41(51)43(34,44)6)29(26-17-16-23-10-7-13-25(23)18-26)19-30(36(33)46)28-15-9-12-24-11-8-14-27(24)28/h9,12,15-21,34,41,46-47,50-52H,7-8,10-11,13-14H2,1-6H3/t21-,34?,41-,42+,43+,44+/m1/s1. The number of aryl methyl sites for hydroxylation is 3. The maximum absolute atomic E-state index is 15.2. The van der Waals surface area contributed by atoms with E-state index in [-0.39, 0.29) is 16.9 Å². The molecule has 3 aromatic rings. The second kappa shape index (κ2) is 11.2. The zero-order valence-corrected chi connectivity index (χ0v) is 30.6. The molecule has 0 spiro atoms. The number of carbonyl (C=O) groups is 3. The van der Waals surface area contributed by atoms with Gasteiger partial charge in [0.05, 0.1) is 17.2 Å². The van der Waals surface area contributed by atoms with E-state index in [4.69, 9.17) is 0 Å². The van der Waals surface area contributed by atoms with Crippen LogP contribution >= 0.6 is 0 Å². The molecule has 0 fully saturated rings. The molecule has 5 aliphatic carbocycles. The minimum absolute atomic E-state index is 0.0524. The number of aliphatic hydroxyl groups is 4. The SMILES string of the molecule is CC(=O)C1=C(O)C(C(C)C)[C@@]2(C)[C@H](O)[C@]3(C)C(=C(O)[C@@]2(O)C1=O)C(=O)c1c(O)c(-c2cccc4c2CCC4)cc(-c2ccc4c(c2)CCC4)c1[C@H]3C. The largest absolute Gasteiger partial charge is 0.511 e. The van der Waals surface area contributed by atoms with Gasteiger partial charge in [0, 0.05) is 22.3 Å². The summed E-state index contributed by atoms with van der Waals surface area (Å²) in [5.74, 6) is -7.11. The summed E-state index contributed by atoms with van der Waals surface area (Å²) >= 11 is 0. The Morgan fingerprint density at radius 1 is 0.865 bits per heavy atom. The molecule has 8 rings (SSSR count). The van der Waals surface area contributed by atoms with Crippen LogP contribution in [0.5, 0.6) is 5.75 Å². The number of fused-ring (bicyclic) bond motifs is 5. The van der Waals surface area contributed by atoms with Gasteiger partial charge in [-0.2, -0.15) is 0 Å². The molecule has 0 heterocycles. The van der Waals surface area contributed by atoms with E-state index in [2.05, 4.69) is 18.2 Å². The fourth-order valence-electron chi connectivity index (χ4n) is 11.1. The van der Waals surface area contributed by atoms with E-state index >= 15 is 4.79 Å². The first kappa shape index (κ1) is 34.6. The number of Topliss-reactive ketones (excluding diaryl/α,β-unsaturated/α-hetero) is 3. The molecule has 6 atom stereocenters. The van der Waals surface area contributed by atoms with E-state index in [0.29, 0.717) is 16.7 Å². The van der Waals surface area contributed by atoms with Gasteiger partial charge in [-0.1, -0.05) is 71.0 Å². The van der Waals surface area contributed by atoms with Crippen LogP contribution in [0.1, 0.15) is 98.5 Å². The molecular formula is C44H46O8. The third kappa shape index (κ3) is 4.02. The summed E-state index contributed by atoms with van der Waals surface area (Å²) < 4.78 is 0. The van der Waals surface area contributed by atoms with Crippen LogP contribution in [0, 0.1) is 22.7 Å². The highest BCUT2D eigenvalue weighted by atomic mass is 16.4. The van der Waals surface area contributed by atoms with Gasteiger partial charge in [0.15, 0.2) is 17.2 Å². The number of aromatic hydroxyl groups is 1. The molecule has 5 N–H and O–H groups in total. The van der Waals surface area contributed by atoms with E-state index in [1.807, 2.05) is 31.2 Å². The number of hydrogen-bond acceptors (Lipinski definition) is 8. The summed E-state index contributed by atoms with van der Waals surface area (Å²) in [6.45, 7) is 9.48. The van der Waals surface area contributed by atoms with E-state index in [1.54, 1.807) is 20.8 Å². The van der Waals surface area contributed by atoms with E-state index < -0.39 is 74.7 Å². The van der Waals surface area contributed by atoms with E-state index in [0.717, 1.165) is 62.1 Å². The first-order valence-corrected chi connectivity index (χ1v) is 18.5. The van der Waals surface area contributed by atoms with Crippen LogP contribution in [0.2, 0.25) is 0 Å². The number of hydrogen-bond donors (Lipinski definition) is 5. The van der Waals surface area contributed by atoms with Crippen LogP contribution in [0.4, 0.5) is 0 Å². The second-order valence-corrected chi connectivity index (χ2v) is 16.6. The minimum atomic E-state index is -2.94. The van der Waals surface area contributed by atoms with Gasteiger partial charge < -0.3 is 25.5 Å². The summed E-state index contributed by atoms with van der Waals surface area (Å²) in [6.07, 6.45) is 3.97. The lowest BCUT2D eigenvalue weighted by Gasteiger charge is -2.63. The molecule has 0 saturated heterocycles. The van der Waals surface area contributed by atoms with Crippen molar-refractivity contribution < 1.29 is 39.9 Å². The number of aliphatic hydroxyl groups excluding tert-OH is 3. The molecule has 1 unspecified atom stereocenters. The Labute approximate surface area is 303 Å². The van der Waals surface area contributed by atoms with Crippen molar-refractivity contribution in [1.29, 1.82) is 0 Å². The molecule has 0 aliphatic heterocycles. The van der Waals surface area contributed by atoms with Crippen LogP contribution in [-0.4, -0.2) is 54.6 Å². The van der Waals surface area contributed by atoms with E-state index in [9.17, 15) is 35.1 Å². The van der Waals surface area contributed by atoms with Crippen LogP contribution in [0.15, 0.2) is 65.1 Å². The van der Waals surface area contributed by atoms with Crippen molar-refractivity contribution >= 4 is 17.3 Å². The monoisotopic (exact) mass is 702 g/mol. The minimum Gasteiger partial charge on any atom is -0.511 e. The lowest BCUT2D eigenvalue weighted by molar-refractivity contribution is -0.211. The normalized spacial score (nSPS) is 30.7. The molecule has 0 bridgehead atoms. The van der Waals surface area contributed by atoms with Crippen molar-refractivity contribution in [3.63, 3.8) is 0 Å². The fourth-order valence-corrected chi connectivity index (χ4v) is 11.1. The molecule has 8 nitrogen and oxygen atoms in total. The molecule has 8 heteroatoms. The fraction of sp³-hybridized carbons (Fsp3) is 0.432. The van der Waals surface area contributed by atoms with Crippen molar-refractivity contribution in [3.05, 3.63) is 98.5 Å². The van der Waals surface area contributed by atoms with Gasteiger partial charge in [-0.25, -0.2) is 0 Å². The maximum Gasteiger partial charge on any atom is 0.209 e. The predicted molar refractivity (Wildman–Crippen MR) is 196 cm³/mol. The van der Waals surface area contributed by atoms with Crippen molar-refractivity contribution in [3.8, 4) is 28.0 Å². The summed E-state index contributed by atoms with van der Waals surface area (Å²) in [4.78, 5) is 42.4. The molecule has 0 aromatic heterocycles. The van der Waals surface area contributed by atoms with Crippen molar-refractivity contribution in [2.75, 3.05) is 0 Å². The lowest BCUT2D eigenvalue weighted by Crippen LogP contribution is -2.73. The maximum atomic E-state index is 15.2. The summed E-state index contributed by atoms with van der Waals surface area (Å²) in [7, 11) is 0. The Balaban J connectivity index is 1.47. The summed E-state index contributed by atoms with van der Waals surface area (Å²) in [5, 5.41) is 61.6. The van der Waals surface area contributed by atoms with Gasteiger partial charge in [0.2, 0.25) is 5.78 Å². The first-order chi connectivity index (χ1) is 24.5. The summed E-state index contributed by atoms with van der Waals surface area (Å²) in [6, 6.07) is 14.2. The smallest absolute Gasteiger partial charge is 0.209 e. The second-order valence-electron chi connectivity index (χ2n) is 16.6. The Bertz CT molecular complexity index is 2220. The van der Waals surface area contributed by atoms with Gasteiger partial charge in [-0.05, 0) is 108 Å². The first-order valence-electron chi connectivity index (χ1n) is 18.5. The molecule has 0 amide bonds. The lowest BCUT2D eigenvalue weighted by atomic mass is 9.41. The van der Waals surface area contributed by atoms with Gasteiger partial charge in [0.25, 0.3) is 0 Å². The van der Waals surface area contributed by atoms with Gasteiger partial charge >= 0.3 is 0 Å². The molecule has 5 aliphatic rings.